The first-order valence-electron chi connectivity index (χ1n) is 11.5. The zero-order valence-electron chi connectivity index (χ0n) is 20.1. The van der Waals surface area contributed by atoms with Gasteiger partial charge in [-0.15, -0.1) is 0 Å². The lowest BCUT2D eigenvalue weighted by Gasteiger charge is -2.26. The number of anilines is 1. The largest absolute Gasteiger partial charge is 0.389 e. The molecule has 0 atom stereocenters. The molecule has 1 fully saturated rings. The van der Waals surface area contributed by atoms with Gasteiger partial charge in [0.1, 0.15) is 5.82 Å². The van der Waals surface area contributed by atoms with E-state index in [1.54, 1.807) is 25.2 Å². The Bertz CT molecular complexity index is 1010. The lowest BCUT2D eigenvalue weighted by atomic mass is 10.0. The molecule has 0 saturated carbocycles. The minimum Gasteiger partial charge on any atom is -0.389 e. The third kappa shape index (κ3) is 7.55. The number of benzene rings is 1. The van der Waals surface area contributed by atoms with E-state index in [0.29, 0.717) is 42.4 Å². The number of likely N-dealkylation sites (N-methyl/N-ethyl adjacent to an activating group) is 1. The van der Waals surface area contributed by atoms with Crippen LogP contribution in [0.4, 0.5) is 5.82 Å². The molecule has 0 radical (unpaired) electrons. The van der Waals surface area contributed by atoms with E-state index in [0.717, 1.165) is 12.8 Å². The van der Waals surface area contributed by atoms with Crippen LogP contribution in [0.15, 0.2) is 53.7 Å². The second-order valence-electron chi connectivity index (χ2n) is 8.04. The van der Waals surface area contributed by atoms with Gasteiger partial charge in [0.2, 0.25) is 5.91 Å². The van der Waals surface area contributed by atoms with Gasteiger partial charge in [0.15, 0.2) is 23.9 Å². The molecule has 1 aliphatic heterocycles. The number of carbonyl (C=O) groups excluding carboxylic acids is 1. The molecule has 1 saturated heterocycles. The smallest absolute Gasteiger partial charge is 0.225 e. The lowest BCUT2D eigenvalue weighted by molar-refractivity contribution is -0.169. The Kier molecular flexibility index (Phi) is 9.67. The maximum absolute atomic E-state index is 12.5. The van der Waals surface area contributed by atoms with Crippen LogP contribution in [0.25, 0.3) is 0 Å². The predicted molar refractivity (Wildman–Crippen MR) is 132 cm³/mol. The fraction of sp³-hybridized carbons (Fsp3) is 0.417. The molecule has 2 aromatic rings. The standard InChI is InChI=1S/C24H33N7O4/c1-3-13-24(33-15-16-34-24)14-12-21(32)28-20-11-7-10-19(27-20)17-35-29-22(23(25)31(2)30-26)18-8-5-4-6-9-18/h4-11,25,30H,3,12-17,26H2,1-2H3,(H,27,28,32)/b25-23?,29-22-. The molecule has 1 aromatic carbocycles. The average molecular weight is 484 g/mol. The van der Waals surface area contributed by atoms with Gasteiger partial charge >= 0.3 is 0 Å². The first-order chi connectivity index (χ1) is 17.0. The first-order valence-corrected chi connectivity index (χ1v) is 11.5. The molecule has 1 aromatic heterocycles. The Morgan fingerprint density at radius 1 is 1.20 bits per heavy atom. The van der Waals surface area contributed by atoms with Crippen LogP contribution in [0.1, 0.15) is 43.9 Å². The molecule has 3 rings (SSSR count). The molecular formula is C24H33N7O4. The minimum atomic E-state index is -0.662. The summed E-state index contributed by atoms with van der Waals surface area (Å²) < 4.78 is 11.5. The zero-order valence-corrected chi connectivity index (χ0v) is 20.1. The highest BCUT2D eigenvalue weighted by atomic mass is 16.7. The van der Waals surface area contributed by atoms with Crippen molar-refractivity contribution in [3.8, 4) is 0 Å². The van der Waals surface area contributed by atoms with E-state index < -0.39 is 5.79 Å². The Labute approximate surface area is 205 Å². The van der Waals surface area contributed by atoms with Gasteiger partial charge in [0.25, 0.3) is 0 Å². The predicted octanol–water partition coefficient (Wildman–Crippen LogP) is 2.55. The number of rotatable bonds is 12. The highest BCUT2D eigenvalue weighted by molar-refractivity contribution is 6.46. The summed E-state index contributed by atoms with van der Waals surface area (Å²) in [5, 5.41) is 16.6. The average Bonchev–Trinajstić information content (AvgIpc) is 3.34. The molecule has 5 N–H and O–H groups in total. The van der Waals surface area contributed by atoms with Gasteiger partial charge in [-0.05, 0) is 12.1 Å². The number of carbonyl (C=O) groups is 1. The van der Waals surface area contributed by atoms with Crippen LogP contribution >= 0.6 is 0 Å². The van der Waals surface area contributed by atoms with E-state index in [1.165, 1.54) is 5.01 Å². The molecule has 2 heterocycles. The van der Waals surface area contributed by atoms with Crippen LogP contribution in [-0.2, 0) is 25.7 Å². The molecule has 11 nitrogen and oxygen atoms in total. The van der Waals surface area contributed by atoms with Crippen molar-refractivity contribution in [2.45, 2.75) is 45.0 Å². The molecule has 188 valence electrons. The first kappa shape index (κ1) is 26.2. The summed E-state index contributed by atoms with van der Waals surface area (Å²) >= 11 is 0. The van der Waals surface area contributed by atoms with Crippen molar-refractivity contribution in [1.82, 2.24) is 15.5 Å². The van der Waals surface area contributed by atoms with Gasteiger partial charge in [0.05, 0.1) is 18.9 Å². The monoisotopic (exact) mass is 483 g/mol. The summed E-state index contributed by atoms with van der Waals surface area (Å²) in [4.78, 5) is 22.4. The van der Waals surface area contributed by atoms with E-state index in [2.05, 4.69) is 27.9 Å². The van der Waals surface area contributed by atoms with Gasteiger partial charge in [-0.3, -0.25) is 21.1 Å². The van der Waals surface area contributed by atoms with E-state index in [9.17, 15) is 4.79 Å². The molecule has 0 bridgehead atoms. The van der Waals surface area contributed by atoms with Crippen LogP contribution in [0.3, 0.4) is 0 Å². The Morgan fingerprint density at radius 2 is 1.94 bits per heavy atom. The SMILES string of the molecule is CCCC1(CCC(=O)Nc2cccc(CO/N=C(\C(=N)N(C)NN)c3ccccc3)n2)OCCO1. The molecular weight excluding hydrogens is 450 g/mol. The third-order valence-electron chi connectivity index (χ3n) is 5.42. The number of nitrogens with two attached hydrogens (primary N) is 1. The number of nitrogens with zero attached hydrogens (tertiary/aromatic N) is 3. The highest BCUT2D eigenvalue weighted by Gasteiger charge is 2.35. The van der Waals surface area contributed by atoms with Crippen molar-refractivity contribution in [3.63, 3.8) is 0 Å². The van der Waals surface area contributed by atoms with Crippen molar-refractivity contribution in [2.75, 3.05) is 25.6 Å². The Balaban J connectivity index is 1.59. The summed E-state index contributed by atoms with van der Waals surface area (Å²) in [7, 11) is 1.60. The summed E-state index contributed by atoms with van der Waals surface area (Å²) in [6.07, 6.45) is 2.42. The van der Waals surface area contributed by atoms with E-state index in [-0.39, 0.29) is 24.8 Å². The summed E-state index contributed by atoms with van der Waals surface area (Å²) in [5.41, 5.74) is 3.96. The van der Waals surface area contributed by atoms with Crippen LogP contribution in [0, 0.1) is 5.41 Å². The van der Waals surface area contributed by atoms with Crippen LogP contribution in [0.2, 0.25) is 0 Å². The molecule has 0 aliphatic carbocycles. The fourth-order valence-electron chi connectivity index (χ4n) is 3.65. The van der Waals surface area contributed by atoms with Gasteiger partial charge in [-0.2, -0.15) is 5.53 Å². The van der Waals surface area contributed by atoms with Crippen molar-refractivity contribution in [3.05, 3.63) is 59.8 Å². The van der Waals surface area contributed by atoms with Gasteiger partial charge in [0, 0.05) is 31.9 Å². The number of hydrogen-bond donors (Lipinski definition) is 4. The zero-order chi connectivity index (χ0) is 25.1. The highest BCUT2D eigenvalue weighted by Crippen LogP contribution is 2.30. The second-order valence-corrected chi connectivity index (χ2v) is 8.04. The molecule has 11 heteroatoms. The normalized spacial score (nSPS) is 15.0. The van der Waals surface area contributed by atoms with Gasteiger partial charge in [-0.25, -0.2) is 4.98 Å². The summed E-state index contributed by atoms with van der Waals surface area (Å²) in [6, 6.07) is 14.5. The topological polar surface area (TPSA) is 147 Å². The van der Waals surface area contributed by atoms with E-state index in [4.69, 9.17) is 25.6 Å². The van der Waals surface area contributed by atoms with Crippen molar-refractivity contribution in [2.24, 2.45) is 11.0 Å². The van der Waals surface area contributed by atoms with Gasteiger partial charge < -0.3 is 19.6 Å². The quantitative estimate of drug-likeness (QED) is 0.156. The number of hydrogen-bond acceptors (Lipinski definition) is 9. The van der Waals surface area contributed by atoms with Crippen LogP contribution in [0.5, 0.6) is 0 Å². The number of aromatic nitrogens is 1. The molecule has 0 unspecified atom stereocenters. The Morgan fingerprint density at radius 3 is 2.63 bits per heavy atom. The number of hydrazine groups is 2. The molecule has 1 amide bonds. The maximum Gasteiger partial charge on any atom is 0.225 e. The van der Waals surface area contributed by atoms with Crippen molar-refractivity contribution < 1.29 is 19.1 Å². The van der Waals surface area contributed by atoms with Crippen molar-refractivity contribution in [1.29, 1.82) is 5.41 Å². The number of oxime groups is 1. The second kappa shape index (κ2) is 12.9. The summed E-state index contributed by atoms with van der Waals surface area (Å²) in [5.74, 6) is 5.05. The maximum atomic E-state index is 12.5. The van der Waals surface area contributed by atoms with Gasteiger partial charge in [-0.1, -0.05) is 54.9 Å². The molecule has 1 aliphatic rings. The number of amidine groups is 1. The lowest BCUT2D eigenvalue weighted by Crippen LogP contribution is -2.46. The fourth-order valence-corrected chi connectivity index (χ4v) is 3.65. The minimum absolute atomic E-state index is 0.0312. The number of nitrogens with one attached hydrogen (secondary N) is 3. The number of ether oxygens (including phenoxy) is 2. The van der Waals surface area contributed by atoms with E-state index in [1.807, 2.05) is 30.3 Å². The number of amides is 1. The molecule has 0 spiro atoms. The third-order valence-corrected chi connectivity index (χ3v) is 5.42. The number of pyridine rings is 1. The van der Waals surface area contributed by atoms with Crippen LogP contribution in [-0.4, -0.2) is 53.5 Å². The summed E-state index contributed by atoms with van der Waals surface area (Å²) in [6.45, 7) is 3.22. The van der Waals surface area contributed by atoms with Crippen molar-refractivity contribution >= 4 is 23.3 Å². The Hall–Kier alpha value is -3.38. The van der Waals surface area contributed by atoms with E-state index >= 15 is 0 Å². The van der Waals surface area contributed by atoms with Crippen LogP contribution < -0.4 is 16.7 Å². The molecule has 35 heavy (non-hydrogen) atoms.